The van der Waals surface area contributed by atoms with Crippen LogP contribution in [0.1, 0.15) is 19.4 Å². The Morgan fingerprint density at radius 3 is 2.58 bits per heavy atom. The van der Waals surface area contributed by atoms with Gasteiger partial charge in [0.15, 0.2) is 6.10 Å². The summed E-state index contributed by atoms with van der Waals surface area (Å²) in [5.41, 5.74) is 2.38. The summed E-state index contributed by atoms with van der Waals surface area (Å²) < 4.78 is 12.5. The van der Waals surface area contributed by atoms with E-state index in [1.807, 2.05) is 62.4 Å². The fourth-order valence-corrected chi connectivity index (χ4v) is 3.03. The molecule has 0 bridgehead atoms. The summed E-state index contributed by atoms with van der Waals surface area (Å²) in [6.45, 7) is 6.70. The third kappa shape index (κ3) is 6.18. The van der Waals surface area contributed by atoms with Gasteiger partial charge in [-0.1, -0.05) is 12.1 Å². The summed E-state index contributed by atoms with van der Waals surface area (Å²) in [7, 11) is 0. The van der Waals surface area contributed by atoms with Crippen LogP contribution in [0.3, 0.4) is 0 Å². The van der Waals surface area contributed by atoms with E-state index >= 15 is 0 Å². The van der Waals surface area contributed by atoms with Gasteiger partial charge in [0.25, 0.3) is 11.5 Å². The van der Waals surface area contributed by atoms with Crippen LogP contribution in [0.25, 0.3) is 11.3 Å². The first kappa shape index (κ1) is 22.1. The van der Waals surface area contributed by atoms with Crippen LogP contribution < -0.4 is 20.3 Å². The van der Waals surface area contributed by atoms with Crippen LogP contribution in [0.5, 0.6) is 11.5 Å². The first-order chi connectivity index (χ1) is 15.0. The third-order valence-corrected chi connectivity index (χ3v) is 4.62. The van der Waals surface area contributed by atoms with Gasteiger partial charge in [-0.25, -0.2) is 4.68 Å². The van der Waals surface area contributed by atoms with E-state index in [0.29, 0.717) is 18.1 Å². The molecule has 3 aromatic rings. The van der Waals surface area contributed by atoms with E-state index in [4.69, 9.17) is 9.47 Å². The molecule has 0 radical (unpaired) electrons. The van der Waals surface area contributed by atoms with Gasteiger partial charge in [0.05, 0.1) is 18.8 Å². The largest absolute Gasteiger partial charge is 0.494 e. The zero-order valence-corrected chi connectivity index (χ0v) is 18.0. The Morgan fingerprint density at radius 2 is 1.87 bits per heavy atom. The number of aryl methyl sites for hydroxylation is 1. The summed E-state index contributed by atoms with van der Waals surface area (Å²) >= 11 is 0. The van der Waals surface area contributed by atoms with Crippen molar-refractivity contribution in [3.8, 4) is 22.8 Å². The van der Waals surface area contributed by atoms with E-state index in [1.54, 1.807) is 13.0 Å². The van der Waals surface area contributed by atoms with Gasteiger partial charge in [0.2, 0.25) is 0 Å². The van der Waals surface area contributed by atoms with Crippen LogP contribution in [0, 0.1) is 6.92 Å². The van der Waals surface area contributed by atoms with E-state index in [2.05, 4.69) is 10.4 Å². The molecule has 7 nitrogen and oxygen atoms in total. The minimum absolute atomic E-state index is 0.229. The standard InChI is InChI=1S/C24H27N3O4/c1-4-30-20-10-8-19(9-11-20)22-12-13-23(28)27(26-22)15-14-25-24(29)18(3)31-21-7-5-6-17(2)16-21/h5-13,16,18H,4,14-15H2,1-3H3,(H,25,29). The molecule has 3 rings (SSSR count). The second-order valence-electron chi connectivity index (χ2n) is 7.10. The molecule has 1 amide bonds. The van der Waals surface area contributed by atoms with Crippen molar-refractivity contribution < 1.29 is 14.3 Å². The van der Waals surface area contributed by atoms with Crippen molar-refractivity contribution in [3.05, 3.63) is 76.6 Å². The molecule has 162 valence electrons. The van der Waals surface area contributed by atoms with E-state index < -0.39 is 6.10 Å². The minimum Gasteiger partial charge on any atom is -0.494 e. The number of hydrogen-bond donors (Lipinski definition) is 1. The molecule has 0 saturated heterocycles. The number of amides is 1. The van der Waals surface area contributed by atoms with Crippen molar-refractivity contribution in [1.29, 1.82) is 0 Å². The second-order valence-corrected chi connectivity index (χ2v) is 7.10. The van der Waals surface area contributed by atoms with Crippen LogP contribution in [-0.2, 0) is 11.3 Å². The molecule has 0 spiro atoms. The van der Waals surface area contributed by atoms with Gasteiger partial charge in [-0.05, 0) is 68.8 Å². The first-order valence-corrected chi connectivity index (χ1v) is 10.3. The van der Waals surface area contributed by atoms with Gasteiger partial charge in [-0.15, -0.1) is 0 Å². The molecule has 0 aliphatic heterocycles. The van der Waals surface area contributed by atoms with Gasteiger partial charge in [0, 0.05) is 18.2 Å². The lowest BCUT2D eigenvalue weighted by Gasteiger charge is -2.15. The van der Waals surface area contributed by atoms with Crippen LogP contribution in [0.2, 0.25) is 0 Å². The predicted octanol–water partition coefficient (Wildman–Crippen LogP) is 3.20. The van der Waals surface area contributed by atoms with Crippen LogP contribution >= 0.6 is 0 Å². The molecule has 0 fully saturated rings. The van der Waals surface area contributed by atoms with Gasteiger partial charge < -0.3 is 14.8 Å². The number of benzene rings is 2. The maximum atomic E-state index is 12.3. The van der Waals surface area contributed by atoms with E-state index in [1.165, 1.54) is 10.7 Å². The monoisotopic (exact) mass is 421 g/mol. The van der Waals surface area contributed by atoms with Crippen molar-refractivity contribution in [1.82, 2.24) is 15.1 Å². The number of hydrogen-bond acceptors (Lipinski definition) is 5. The molecule has 7 heteroatoms. The summed E-state index contributed by atoms with van der Waals surface area (Å²) in [6.07, 6.45) is -0.651. The summed E-state index contributed by atoms with van der Waals surface area (Å²) in [4.78, 5) is 24.5. The number of carbonyl (C=O) groups excluding carboxylic acids is 1. The average molecular weight is 421 g/mol. The van der Waals surface area contributed by atoms with Gasteiger partial charge >= 0.3 is 0 Å². The van der Waals surface area contributed by atoms with Crippen molar-refractivity contribution >= 4 is 5.91 Å². The number of rotatable bonds is 9. The number of ether oxygens (including phenoxy) is 2. The quantitative estimate of drug-likeness (QED) is 0.574. The van der Waals surface area contributed by atoms with Crippen LogP contribution in [0.4, 0.5) is 0 Å². The highest BCUT2D eigenvalue weighted by molar-refractivity contribution is 5.80. The van der Waals surface area contributed by atoms with E-state index in [0.717, 1.165) is 16.9 Å². The van der Waals surface area contributed by atoms with Crippen molar-refractivity contribution in [2.24, 2.45) is 0 Å². The topological polar surface area (TPSA) is 82.5 Å². The molecule has 2 aromatic carbocycles. The predicted molar refractivity (Wildman–Crippen MR) is 119 cm³/mol. The van der Waals surface area contributed by atoms with E-state index in [9.17, 15) is 9.59 Å². The second kappa shape index (κ2) is 10.4. The molecule has 1 aromatic heterocycles. The van der Waals surface area contributed by atoms with Gasteiger partial charge in [0.1, 0.15) is 11.5 Å². The molecule has 31 heavy (non-hydrogen) atoms. The molecule has 0 saturated carbocycles. The highest BCUT2D eigenvalue weighted by Crippen LogP contribution is 2.20. The Kier molecular flexibility index (Phi) is 7.43. The Balaban J connectivity index is 1.58. The highest BCUT2D eigenvalue weighted by Gasteiger charge is 2.14. The first-order valence-electron chi connectivity index (χ1n) is 10.3. The molecule has 0 aliphatic rings. The van der Waals surface area contributed by atoms with Crippen molar-refractivity contribution in [2.45, 2.75) is 33.4 Å². The molecule has 1 atom stereocenters. The minimum atomic E-state index is -0.651. The fraction of sp³-hybridized carbons (Fsp3) is 0.292. The Morgan fingerprint density at radius 1 is 1.10 bits per heavy atom. The Labute approximate surface area is 181 Å². The Hall–Kier alpha value is -3.61. The number of aromatic nitrogens is 2. The molecular formula is C24H27N3O4. The lowest BCUT2D eigenvalue weighted by Crippen LogP contribution is -2.39. The fourth-order valence-electron chi connectivity index (χ4n) is 3.03. The zero-order valence-electron chi connectivity index (χ0n) is 18.0. The van der Waals surface area contributed by atoms with Crippen molar-refractivity contribution in [3.63, 3.8) is 0 Å². The maximum absolute atomic E-state index is 12.3. The van der Waals surface area contributed by atoms with E-state index in [-0.39, 0.29) is 24.6 Å². The number of carbonyl (C=O) groups is 1. The smallest absolute Gasteiger partial charge is 0.266 e. The lowest BCUT2D eigenvalue weighted by molar-refractivity contribution is -0.127. The number of nitrogens with zero attached hydrogens (tertiary/aromatic N) is 2. The Bertz CT molecular complexity index is 1080. The zero-order chi connectivity index (χ0) is 22.2. The van der Waals surface area contributed by atoms with Crippen molar-refractivity contribution in [2.75, 3.05) is 13.2 Å². The third-order valence-electron chi connectivity index (χ3n) is 4.62. The van der Waals surface area contributed by atoms with Gasteiger partial charge in [-0.2, -0.15) is 5.10 Å². The van der Waals surface area contributed by atoms with Crippen LogP contribution in [0.15, 0.2) is 65.5 Å². The SMILES string of the molecule is CCOc1ccc(-c2ccc(=O)n(CCNC(=O)C(C)Oc3cccc(C)c3)n2)cc1. The van der Waals surface area contributed by atoms with Crippen LogP contribution in [-0.4, -0.2) is 34.9 Å². The maximum Gasteiger partial charge on any atom is 0.266 e. The molecule has 0 aliphatic carbocycles. The molecular weight excluding hydrogens is 394 g/mol. The summed E-state index contributed by atoms with van der Waals surface area (Å²) in [6, 6.07) is 18.2. The lowest BCUT2D eigenvalue weighted by atomic mass is 10.1. The average Bonchev–Trinajstić information content (AvgIpc) is 2.76. The highest BCUT2D eigenvalue weighted by atomic mass is 16.5. The summed E-state index contributed by atoms with van der Waals surface area (Å²) in [5, 5.41) is 7.21. The van der Waals surface area contributed by atoms with Gasteiger partial charge in [-0.3, -0.25) is 9.59 Å². The summed E-state index contributed by atoms with van der Waals surface area (Å²) in [5.74, 6) is 1.17. The molecule has 1 N–H and O–H groups in total. The molecule has 1 heterocycles. The normalized spacial score (nSPS) is 11.6. The number of nitrogens with one attached hydrogen (secondary N) is 1. The molecule has 1 unspecified atom stereocenters.